The number of carbonyl (C=O) groups is 2. The number of benzene rings is 1. The van der Waals surface area contributed by atoms with E-state index in [2.05, 4.69) is 0 Å². The summed E-state index contributed by atoms with van der Waals surface area (Å²) in [5.41, 5.74) is -0.657. The summed E-state index contributed by atoms with van der Waals surface area (Å²) < 4.78 is 76.6. The van der Waals surface area contributed by atoms with E-state index in [0.717, 1.165) is 16.7 Å². The monoisotopic (exact) mass is 568 g/mol. The van der Waals surface area contributed by atoms with Crippen LogP contribution in [0.15, 0.2) is 47.1 Å². The first-order valence-electron chi connectivity index (χ1n) is 13.7. The smallest absolute Gasteiger partial charge is 0.456 e. The number of alkyl halides is 5. The first-order valence-corrected chi connectivity index (χ1v) is 13.7. The van der Waals surface area contributed by atoms with Crippen LogP contribution in [0, 0.1) is 17.3 Å². The second-order valence-electron chi connectivity index (χ2n) is 12.0. The molecule has 2 saturated carbocycles. The lowest BCUT2D eigenvalue weighted by atomic mass is 9.50. The Kier molecular flexibility index (Phi) is 7.05. The summed E-state index contributed by atoms with van der Waals surface area (Å²) in [6.45, 7) is 2.60. The Morgan fingerprint density at radius 2 is 1.77 bits per heavy atom. The Labute approximate surface area is 229 Å². The van der Waals surface area contributed by atoms with Gasteiger partial charge in [0.1, 0.15) is 12.2 Å². The Hall–Kier alpha value is -2.59. The Morgan fingerprint density at radius 3 is 2.40 bits per heavy atom. The topological polar surface area (TPSA) is 83.8 Å². The average Bonchev–Trinajstić information content (AvgIpc) is 3.17. The minimum absolute atomic E-state index is 0.0229. The molecular weight excluding hydrogens is 535 g/mol. The molecule has 4 aliphatic carbocycles. The van der Waals surface area contributed by atoms with Crippen LogP contribution < -0.4 is 0 Å². The number of fused-ring (bicyclic) bond motifs is 4. The van der Waals surface area contributed by atoms with Crippen LogP contribution in [-0.4, -0.2) is 46.3 Å². The number of carbonyl (C=O) groups excluding carboxylic acids is 1. The standard InChI is InChI=1S/C30H33F5O5/c1-16(40-15-25(37)38)17-3-5-18(6-4-17)23-14-27(2)24(11-12-28(27,39)29(31,32)30(33,34)35)22-9-7-19-13-20(36)8-10-21(19)26(22)23/h3-6,13,16,22-24,39H,7-12,14-15H2,1-2H3,(H,37,38)/t16?,22?,23-,24?,27+,28+/m1/s1. The lowest BCUT2D eigenvalue weighted by Crippen LogP contribution is -2.65. The molecule has 2 N–H and O–H groups in total. The first-order chi connectivity index (χ1) is 18.6. The molecule has 0 saturated heterocycles. The Balaban J connectivity index is 1.60. The molecule has 2 fully saturated rings. The van der Waals surface area contributed by atoms with Gasteiger partial charge in [-0.1, -0.05) is 36.8 Å². The van der Waals surface area contributed by atoms with Crippen molar-refractivity contribution in [3.05, 3.63) is 58.2 Å². The molecule has 0 bridgehead atoms. The molecule has 3 unspecified atom stereocenters. The highest BCUT2D eigenvalue weighted by molar-refractivity contribution is 5.93. The molecule has 1 aromatic carbocycles. The third kappa shape index (κ3) is 4.33. The van der Waals surface area contributed by atoms with Gasteiger partial charge in [-0.25, -0.2) is 4.79 Å². The summed E-state index contributed by atoms with van der Waals surface area (Å²) >= 11 is 0. The third-order valence-electron chi connectivity index (χ3n) is 10.0. The highest BCUT2D eigenvalue weighted by Gasteiger charge is 2.79. The minimum atomic E-state index is -5.90. The number of ether oxygens (including phenoxy) is 1. The van der Waals surface area contributed by atoms with Crippen molar-refractivity contribution in [2.45, 2.75) is 88.5 Å². The lowest BCUT2D eigenvalue weighted by molar-refractivity contribution is -0.362. The predicted molar refractivity (Wildman–Crippen MR) is 135 cm³/mol. The number of aliphatic hydroxyl groups is 1. The molecule has 0 amide bonds. The molecule has 6 atom stereocenters. The summed E-state index contributed by atoms with van der Waals surface area (Å²) in [5.74, 6) is -7.76. The average molecular weight is 569 g/mol. The molecule has 0 radical (unpaired) electrons. The molecule has 5 rings (SSSR count). The molecular formula is C30H33F5O5. The van der Waals surface area contributed by atoms with Crippen LogP contribution in [0.4, 0.5) is 22.0 Å². The maximum Gasteiger partial charge on any atom is 0.456 e. The van der Waals surface area contributed by atoms with Crippen molar-refractivity contribution < 1.29 is 46.5 Å². The van der Waals surface area contributed by atoms with Gasteiger partial charge < -0.3 is 14.9 Å². The molecule has 10 heteroatoms. The fraction of sp³-hybridized carbons (Fsp3) is 0.600. The van der Waals surface area contributed by atoms with Gasteiger partial charge in [0.2, 0.25) is 0 Å². The van der Waals surface area contributed by atoms with Crippen LogP contribution in [0.25, 0.3) is 0 Å². The Bertz CT molecular complexity index is 1270. The largest absolute Gasteiger partial charge is 0.480 e. The van der Waals surface area contributed by atoms with Crippen molar-refractivity contribution in [2.75, 3.05) is 6.61 Å². The van der Waals surface area contributed by atoms with Crippen LogP contribution in [0.5, 0.6) is 0 Å². The number of carboxylic acid groups (broad SMARTS) is 1. The van der Waals surface area contributed by atoms with Gasteiger partial charge in [0.25, 0.3) is 0 Å². The molecule has 218 valence electrons. The zero-order chi connectivity index (χ0) is 29.3. The molecule has 0 heterocycles. The minimum Gasteiger partial charge on any atom is -0.480 e. The van der Waals surface area contributed by atoms with Crippen molar-refractivity contribution in [2.24, 2.45) is 17.3 Å². The van der Waals surface area contributed by atoms with Crippen molar-refractivity contribution in [3.63, 3.8) is 0 Å². The van der Waals surface area contributed by atoms with Crippen LogP contribution in [0.2, 0.25) is 0 Å². The van der Waals surface area contributed by atoms with E-state index < -0.39 is 60.1 Å². The van der Waals surface area contributed by atoms with E-state index in [4.69, 9.17) is 9.84 Å². The van der Waals surface area contributed by atoms with Crippen LogP contribution >= 0.6 is 0 Å². The number of ketones is 1. The van der Waals surface area contributed by atoms with Gasteiger partial charge in [0, 0.05) is 17.8 Å². The highest BCUT2D eigenvalue weighted by atomic mass is 19.4. The summed E-state index contributed by atoms with van der Waals surface area (Å²) in [6.07, 6.45) is -3.61. The summed E-state index contributed by atoms with van der Waals surface area (Å²) in [6, 6.07) is 7.03. The lowest BCUT2D eigenvalue weighted by Gasteiger charge is -2.56. The van der Waals surface area contributed by atoms with Crippen molar-refractivity contribution in [1.29, 1.82) is 0 Å². The molecule has 0 aromatic heterocycles. The van der Waals surface area contributed by atoms with Gasteiger partial charge in [-0.05, 0) is 85.6 Å². The van der Waals surface area contributed by atoms with E-state index in [9.17, 15) is 27.9 Å². The highest BCUT2D eigenvalue weighted by Crippen LogP contribution is 2.70. The SMILES string of the molecule is CC(OCC(=O)O)c1ccc([C@H]2C[C@@]3(C)C(CC[C@@]3(O)C(F)(F)C(F)(F)F)C3CCC4=CC(=O)CCC4=C32)cc1. The number of halogens is 5. The van der Waals surface area contributed by atoms with Gasteiger partial charge in [-0.15, -0.1) is 0 Å². The van der Waals surface area contributed by atoms with Gasteiger partial charge in [-0.3, -0.25) is 4.79 Å². The van der Waals surface area contributed by atoms with Gasteiger partial charge in [0.05, 0.1) is 6.10 Å². The van der Waals surface area contributed by atoms with E-state index in [1.54, 1.807) is 37.3 Å². The number of aliphatic carboxylic acids is 1. The maximum absolute atomic E-state index is 15.1. The maximum atomic E-state index is 15.1. The van der Waals surface area contributed by atoms with Crippen LogP contribution in [0.1, 0.15) is 81.9 Å². The molecule has 0 aliphatic heterocycles. The van der Waals surface area contributed by atoms with E-state index in [1.165, 1.54) is 6.92 Å². The molecule has 4 aliphatic rings. The molecule has 40 heavy (non-hydrogen) atoms. The predicted octanol–water partition coefficient (Wildman–Crippen LogP) is 6.68. The van der Waals surface area contributed by atoms with Crippen molar-refractivity contribution in [1.82, 2.24) is 0 Å². The van der Waals surface area contributed by atoms with E-state index in [0.29, 0.717) is 36.8 Å². The van der Waals surface area contributed by atoms with Crippen molar-refractivity contribution >= 4 is 11.8 Å². The Morgan fingerprint density at radius 1 is 1.10 bits per heavy atom. The zero-order valence-corrected chi connectivity index (χ0v) is 22.4. The molecule has 5 nitrogen and oxygen atoms in total. The number of hydrogen-bond acceptors (Lipinski definition) is 4. The number of hydrogen-bond donors (Lipinski definition) is 2. The second-order valence-corrected chi connectivity index (χ2v) is 12.0. The van der Waals surface area contributed by atoms with Gasteiger partial charge >= 0.3 is 18.1 Å². The van der Waals surface area contributed by atoms with Crippen LogP contribution in [-0.2, 0) is 14.3 Å². The first kappa shape index (κ1) is 28.9. The van der Waals surface area contributed by atoms with Crippen LogP contribution in [0.3, 0.4) is 0 Å². The number of carboxylic acids is 1. The summed E-state index contributed by atoms with van der Waals surface area (Å²) in [7, 11) is 0. The van der Waals surface area contributed by atoms with E-state index in [-0.39, 0.29) is 24.5 Å². The second kappa shape index (κ2) is 9.76. The fourth-order valence-corrected chi connectivity index (χ4v) is 8.01. The fourth-order valence-electron chi connectivity index (χ4n) is 8.01. The van der Waals surface area contributed by atoms with Gasteiger partial charge in [-0.2, -0.15) is 22.0 Å². The number of allylic oxidation sites excluding steroid dienone is 4. The van der Waals surface area contributed by atoms with Gasteiger partial charge in [0.15, 0.2) is 5.78 Å². The quantitative estimate of drug-likeness (QED) is 0.374. The zero-order valence-electron chi connectivity index (χ0n) is 22.4. The molecule has 0 spiro atoms. The normalized spacial score (nSPS) is 33.1. The van der Waals surface area contributed by atoms with Crippen molar-refractivity contribution in [3.8, 4) is 0 Å². The molecule has 1 aromatic rings. The summed E-state index contributed by atoms with van der Waals surface area (Å²) in [4.78, 5) is 23.1. The summed E-state index contributed by atoms with van der Waals surface area (Å²) in [5, 5.41) is 20.2. The van der Waals surface area contributed by atoms with E-state index in [1.807, 2.05) is 0 Å². The third-order valence-corrected chi connectivity index (χ3v) is 10.0. The number of rotatable bonds is 6. The van der Waals surface area contributed by atoms with E-state index >= 15 is 8.78 Å².